The van der Waals surface area contributed by atoms with Crippen molar-refractivity contribution in [3.8, 4) is 16.8 Å². The molecule has 2 aromatic heterocycles. The largest absolute Gasteiger partial charge is 0.454 e. The maximum Gasteiger partial charge on any atom is 0.288 e. The third-order valence-corrected chi connectivity index (χ3v) is 6.67. The Kier molecular flexibility index (Phi) is 4.08. The minimum atomic E-state index is -0.242. The van der Waals surface area contributed by atoms with Crippen molar-refractivity contribution in [2.75, 3.05) is 0 Å². The lowest BCUT2D eigenvalue weighted by molar-refractivity contribution is -0.382. The van der Waals surface area contributed by atoms with E-state index in [2.05, 4.69) is 4.57 Å². The van der Waals surface area contributed by atoms with E-state index in [-0.39, 0.29) is 10.6 Å². The monoisotopic (exact) mass is 454 g/mol. The van der Waals surface area contributed by atoms with Gasteiger partial charge in [-0.2, -0.15) is 0 Å². The fraction of sp³-hybridized carbons (Fsp3) is 0. The van der Waals surface area contributed by atoms with Crippen LogP contribution in [0.4, 0.5) is 5.69 Å². The van der Waals surface area contributed by atoms with Gasteiger partial charge in [-0.25, -0.2) is 0 Å². The molecule has 0 spiro atoms. The van der Waals surface area contributed by atoms with Crippen LogP contribution in [0.5, 0.6) is 0 Å². The molecule has 0 atom stereocenters. The van der Waals surface area contributed by atoms with E-state index in [1.165, 1.54) is 0 Å². The number of hydrogen-bond acceptors (Lipinski definition) is 3. The van der Waals surface area contributed by atoms with Crippen LogP contribution < -0.4 is 0 Å². The van der Waals surface area contributed by atoms with E-state index in [1.807, 2.05) is 109 Å². The van der Waals surface area contributed by atoms with Gasteiger partial charge in [0.05, 0.1) is 21.4 Å². The van der Waals surface area contributed by atoms with Crippen LogP contribution in [-0.2, 0) is 0 Å². The van der Waals surface area contributed by atoms with E-state index in [9.17, 15) is 10.1 Å². The van der Waals surface area contributed by atoms with Gasteiger partial charge in [-0.15, -0.1) is 0 Å². The minimum Gasteiger partial charge on any atom is -0.454 e. The summed E-state index contributed by atoms with van der Waals surface area (Å²) >= 11 is 0. The predicted octanol–water partition coefficient (Wildman–Crippen LogP) is 8.26. The van der Waals surface area contributed by atoms with Crippen molar-refractivity contribution in [3.63, 3.8) is 0 Å². The molecule has 5 nitrogen and oxygen atoms in total. The molecule has 0 saturated carbocycles. The molecule has 5 heteroatoms. The number of rotatable bonds is 3. The number of aromatic nitrogens is 1. The fourth-order valence-electron chi connectivity index (χ4n) is 5.31. The Bertz CT molecular complexity index is 1920. The van der Waals surface area contributed by atoms with E-state index in [4.69, 9.17) is 4.42 Å². The molecule has 0 bridgehead atoms. The van der Waals surface area contributed by atoms with Gasteiger partial charge in [0.25, 0.3) is 5.69 Å². The zero-order valence-corrected chi connectivity index (χ0v) is 18.5. The summed E-state index contributed by atoms with van der Waals surface area (Å²) in [5, 5.41) is 15.9. The first-order valence-corrected chi connectivity index (χ1v) is 11.4. The van der Waals surface area contributed by atoms with Gasteiger partial charge >= 0.3 is 0 Å². The molecule has 5 aromatic carbocycles. The van der Waals surface area contributed by atoms with E-state index < -0.39 is 0 Å². The van der Waals surface area contributed by atoms with Gasteiger partial charge in [-0.05, 0) is 29.8 Å². The van der Waals surface area contributed by atoms with Crippen molar-refractivity contribution in [1.82, 2.24) is 4.57 Å². The topological polar surface area (TPSA) is 61.2 Å². The zero-order chi connectivity index (χ0) is 23.5. The molecule has 166 valence electrons. The van der Waals surface area contributed by atoms with Gasteiger partial charge in [0.2, 0.25) is 0 Å². The summed E-state index contributed by atoms with van der Waals surface area (Å²) in [5.74, 6) is 0. The molecule has 0 aliphatic carbocycles. The van der Waals surface area contributed by atoms with E-state index in [0.717, 1.165) is 32.9 Å². The van der Waals surface area contributed by atoms with Crippen molar-refractivity contribution in [1.29, 1.82) is 0 Å². The van der Waals surface area contributed by atoms with Crippen molar-refractivity contribution in [2.24, 2.45) is 0 Å². The van der Waals surface area contributed by atoms with Crippen LogP contribution in [0.1, 0.15) is 0 Å². The molecule has 2 heterocycles. The number of nitro groups is 1. The molecular weight excluding hydrogens is 436 g/mol. The second-order valence-electron chi connectivity index (χ2n) is 8.56. The lowest BCUT2D eigenvalue weighted by atomic mass is 9.94. The van der Waals surface area contributed by atoms with E-state index in [1.54, 1.807) is 0 Å². The van der Waals surface area contributed by atoms with Gasteiger partial charge in [0.15, 0.2) is 5.58 Å². The van der Waals surface area contributed by atoms with Gasteiger partial charge in [-0.1, -0.05) is 84.9 Å². The summed E-state index contributed by atoms with van der Waals surface area (Å²) in [7, 11) is 0. The Hall–Kier alpha value is -4.90. The van der Waals surface area contributed by atoms with Crippen molar-refractivity contribution in [3.05, 3.63) is 119 Å². The summed E-state index contributed by atoms with van der Waals surface area (Å²) in [5.41, 5.74) is 5.32. The normalized spacial score (nSPS) is 11.7. The number of nitro benzene ring substituents is 1. The summed E-state index contributed by atoms with van der Waals surface area (Å²) in [6.07, 6.45) is 0. The zero-order valence-electron chi connectivity index (χ0n) is 18.5. The highest BCUT2D eigenvalue weighted by molar-refractivity contribution is 6.30. The van der Waals surface area contributed by atoms with Gasteiger partial charge in [0, 0.05) is 21.8 Å². The minimum absolute atomic E-state index is 0.0936. The molecule has 35 heavy (non-hydrogen) atoms. The molecule has 7 aromatic rings. The third kappa shape index (κ3) is 2.69. The maximum atomic E-state index is 12.9. The quantitative estimate of drug-likeness (QED) is 0.199. The first-order valence-electron chi connectivity index (χ1n) is 11.4. The summed E-state index contributed by atoms with van der Waals surface area (Å²) in [6.45, 7) is 0. The lowest BCUT2D eigenvalue weighted by Gasteiger charge is -2.10. The highest BCUT2D eigenvalue weighted by atomic mass is 16.6. The summed E-state index contributed by atoms with van der Waals surface area (Å²) in [6, 6.07) is 35.1. The molecule has 0 radical (unpaired) electrons. The Morgan fingerprint density at radius 1 is 0.686 bits per heavy atom. The predicted molar refractivity (Wildman–Crippen MR) is 140 cm³/mol. The third-order valence-electron chi connectivity index (χ3n) is 6.67. The van der Waals surface area contributed by atoms with Crippen molar-refractivity contribution >= 4 is 49.4 Å². The Morgan fingerprint density at radius 3 is 2.06 bits per heavy atom. The van der Waals surface area contributed by atoms with Gasteiger partial charge in [-0.3, -0.25) is 10.1 Å². The van der Waals surface area contributed by atoms with Crippen molar-refractivity contribution in [2.45, 2.75) is 0 Å². The first kappa shape index (κ1) is 19.6. The number of nitrogens with zero attached hydrogens (tertiary/aromatic N) is 2. The van der Waals surface area contributed by atoms with Crippen LogP contribution >= 0.6 is 0 Å². The standard InChI is InChI=1S/C30H18N2O3/c33-32(34)28-25(19-11-3-1-4-12-19)26-22-16-8-10-18-24(22)35-30(26)29-27(28)21-15-7-9-17-23(21)31(29)20-13-5-2-6-14-20/h1-18H. The highest BCUT2D eigenvalue weighted by Gasteiger charge is 2.32. The van der Waals surface area contributed by atoms with Crippen LogP contribution in [-0.4, -0.2) is 9.49 Å². The van der Waals surface area contributed by atoms with Gasteiger partial charge in [0.1, 0.15) is 11.1 Å². The molecular formula is C30H18N2O3. The average Bonchev–Trinajstić information content (AvgIpc) is 3.45. The number of benzene rings is 5. The highest BCUT2D eigenvalue weighted by Crippen LogP contribution is 2.50. The Labute approximate surface area is 199 Å². The lowest BCUT2D eigenvalue weighted by Crippen LogP contribution is -1.97. The first-order chi connectivity index (χ1) is 17.2. The smallest absolute Gasteiger partial charge is 0.288 e. The van der Waals surface area contributed by atoms with Crippen LogP contribution in [0.25, 0.3) is 60.6 Å². The van der Waals surface area contributed by atoms with Crippen LogP contribution in [0.15, 0.2) is 114 Å². The number of hydrogen-bond donors (Lipinski definition) is 0. The molecule has 0 aliphatic heterocycles. The van der Waals surface area contributed by atoms with Gasteiger partial charge < -0.3 is 8.98 Å². The number of furan rings is 1. The Morgan fingerprint density at radius 2 is 1.31 bits per heavy atom. The molecule has 0 unspecified atom stereocenters. The maximum absolute atomic E-state index is 12.9. The molecule has 0 aliphatic rings. The molecule has 0 fully saturated rings. The van der Waals surface area contributed by atoms with Crippen LogP contribution in [0.2, 0.25) is 0 Å². The van der Waals surface area contributed by atoms with E-state index in [0.29, 0.717) is 27.6 Å². The summed E-state index contributed by atoms with van der Waals surface area (Å²) in [4.78, 5) is 12.6. The number of para-hydroxylation sites is 3. The van der Waals surface area contributed by atoms with Crippen molar-refractivity contribution < 1.29 is 9.34 Å². The molecule has 0 amide bonds. The summed E-state index contributed by atoms with van der Waals surface area (Å²) < 4.78 is 8.59. The molecule has 0 N–H and O–H groups in total. The SMILES string of the molecule is O=[N+]([O-])c1c(-c2ccccc2)c2c3ccccc3oc2c2c1c1ccccc1n2-c1ccccc1. The fourth-order valence-corrected chi connectivity index (χ4v) is 5.31. The van der Waals surface area contributed by atoms with Crippen LogP contribution in [0.3, 0.4) is 0 Å². The van der Waals surface area contributed by atoms with Crippen LogP contribution in [0, 0.1) is 10.1 Å². The second kappa shape index (κ2) is 7.30. The molecule has 0 saturated heterocycles. The van der Waals surface area contributed by atoms with E-state index >= 15 is 0 Å². The average molecular weight is 454 g/mol. The number of fused-ring (bicyclic) bond motifs is 7. The molecule has 7 rings (SSSR count). The second-order valence-corrected chi connectivity index (χ2v) is 8.56. The Balaban J connectivity index is 1.86.